The second kappa shape index (κ2) is 12.5. The van der Waals surface area contributed by atoms with Crippen LogP contribution in [0.5, 0.6) is 23.0 Å². The van der Waals surface area contributed by atoms with Gasteiger partial charge in [0.2, 0.25) is 0 Å². The molecule has 2 atom stereocenters. The Morgan fingerprint density at radius 2 is 1.51 bits per heavy atom. The molecule has 0 spiro atoms. The van der Waals surface area contributed by atoms with Crippen LogP contribution in [-0.2, 0) is 19.1 Å². The first-order chi connectivity index (χ1) is 19.6. The van der Waals surface area contributed by atoms with Gasteiger partial charge in [-0.25, -0.2) is 4.79 Å². The molecule has 1 N–H and O–H groups in total. The monoisotopic (exact) mass is 563 g/mol. The van der Waals surface area contributed by atoms with Crippen molar-refractivity contribution in [3.63, 3.8) is 0 Å². The zero-order chi connectivity index (χ0) is 29.8. The van der Waals surface area contributed by atoms with Crippen LogP contribution in [0, 0.1) is 5.92 Å². The summed E-state index contributed by atoms with van der Waals surface area (Å²) in [4.78, 5) is 39.0. The number of rotatable bonds is 9. The van der Waals surface area contributed by atoms with Gasteiger partial charge in [0.1, 0.15) is 0 Å². The first-order valence-electron chi connectivity index (χ1n) is 13.6. The Hall–Kier alpha value is -4.27. The van der Waals surface area contributed by atoms with Gasteiger partial charge in [0.25, 0.3) is 0 Å². The summed E-state index contributed by atoms with van der Waals surface area (Å²) in [6.45, 7) is 7.30. The van der Waals surface area contributed by atoms with Crippen molar-refractivity contribution in [3.8, 4) is 23.0 Å². The van der Waals surface area contributed by atoms with E-state index >= 15 is 0 Å². The molecule has 0 saturated heterocycles. The Balaban J connectivity index is 1.80. The molecular formula is C32H37NO8. The van der Waals surface area contributed by atoms with E-state index in [0.29, 0.717) is 46.1 Å². The number of ketones is 1. The molecule has 41 heavy (non-hydrogen) atoms. The summed E-state index contributed by atoms with van der Waals surface area (Å²) < 4.78 is 27.3. The number of allylic oxidation sites excluding steroid dienone is 3. The lowest BCUT2D eigenvalue weighted by molar-refractivity contribution is -0.140. The number of hydrogen-bond donors (Lipinski definition) is 1. The minimum Gasteiger partial charge on any atom is -0.493 e. The summed E-state index contributed by atoms with van der Waals surface area (Å²) in [5, 5.41) is 3.37. The van der Waals surface area contributed by atoms with Crippen molar-refractivity contribution in [2.45, 2.75) is 52.4 Å². The molecule has 1 heterocycles. The third-order valence-electron chi connectivity index (χ3n) is 7.25. The molecule has 0 radical (unpaired) electrons. The molecule has 0 saturated carbocycles. The smallest absolute Gasteiger partial charge is 0.336 e. The van der Waals surface area contributed by atoms with Crippen LogP contribution in [0.1, 0.15) is 63.5 Å². The number of methoxy groups -OCH3 is 3. The fourth-order valence-corrected chi connectivity index (χ4v) is 5.41. The van der Waals surface area contributed by atoms with Crippen molar-refractivity contribution in [1.29, 1.82) is 0 Å². The highest BCUT2D eigenvalue weighted by Crippen LogP contribution is 2.47. The summed E-state index contributed by atoms with van der Waals surface area (Å²) in [6, 6.07) is 10.8. The number of benzene rings is 2. The first-order valence-corrected chi connectivity index (χ1v) is 13.6. The molecule has 2 aliphatic rings. The molecule has 1 aliphatic heterocycles. The van der Waals surface area contributed by atoms with Gasteiger partial charge in [-0.3, -0.25) is 9.59 Å². The van der Waals surface area contributed by atoms with Crippen LogP contribution >= 0.6 is 0 Å². The molecule has 1 aliphatic carbocycles. The predicted octanol–water partition coefficient (Wildman–Crippen LogP) is 5.20. The zero-order valence-electron chi connectivity index (χ0n) is 24.6. The van der Waals surface area contributed by atoms with E-state index in [1.807, 2.05) is 39.0 Å². The van der Waals surface area contributed by atoms with Crippen LogP contribution in [0.15, 0.2) is 58.9 Å². The van der Waals surface area contributed by atoms with Crippen LogP contribution in [-0.4, -0.2) is 45.7 Å². The normalized spacial score (nSPS) is 18.5. The third kappa shape index (κ3) is 6.24. The molecule has 218 valence electrons. The maximum absolute atomic E-state index is 14.0. The highest BCUT2D eigenvalue weighted by atomic mass is 16.6. The van der Waals surface area contributed by atoms with Crippen LogP contribution in [0.2, 0.25) is 0 Å². The molecule has 0 fully saturated rings. The molecule has 0 aromatic heterocycles. The van der Waals surface area contributed by atoms with Gasteiger partial charge in [0.15, 0.2) is 28.8 Å². The first kappa shape index (κ1) is 29.7. The van der Waals surface area contributed by atoms with Gasteiger partial charge in [-0.05, 0) is 60.6 Å². The van der Waals surface area contributed by atoms with Crippen LogP contribution in [0.3, 0.4) is 0 Å². The molecule has 9 heteroatoms. The zero-order valence-corrected chi connectivity index (χ0v) is 24.6. The quantitative estimate of drug-likeness (QED) is 0.325. The van der Waals surface area contributed by atoms with Crippen molar-refractivity contribution in [1.82, 2.24) is 5.32 Å². The Morgan fingerprint density at radius 3 is 2.15 bits per heavy atom. The van der Waals surface area contributed by atoms with Crippen molar-refractivity contribution >= 4 is 17.7 Å². The third-order valence-corrected chi connectivity index (χ3v) is 7.25. The molecule has 9 nitrogen and oxygen atoms in total. The van der Waals surface area contributed by atoms with E-state index in [1.54, 1.807) is 32.4 Å². The predicted molar refractivity (Wildman–Crippen MR) is 152 cm³/mol. The van der Waals surface area contributed by atoms with Crippen molar-refractivity contribution < 1.29 is 38.1 Å². The van der Waals surface area contributed by atoms with Gasteiger partial charge in [0.05, 0.1) is 33.5 Å². The van der Waals surface area contributed by atoms with Gasteiger partial charge in [-0.2, -0.15) is 0 Å². The fraction of sp³-hybridized carbons (Fsp3) is 0.406. The van der Waals surface area contributed by atoms with E-state index in [2.05, 4.69) is 5.32 Å². The Kier molecular flexibility index (Phi) is 9.05. The number of ether oxygens (including phenoxy) is 5. The average Bonchev–Trinajstić information content (AvgIpc) is 2.94. The lowest BCUT2D eigenvalue weighted by Crippen LogP contribution is -2.36. The van der Waals surface area contributed by atoms with Crippen molar-refractivity contribution in [2.24, 2.45) is 5.92 Å². The standard InChI is InChI=1S/C32H37NO8/c1-17(2)16-40-32(36)29-18(3)33-23-12-22(20-8-10-25(37-5)27(14-20)38-6)13-24(35)31(23)30(29)21-9-11-26(41-19(4)34)28(15-21)39-7/h8-11,14-15,17,22,30,33H,12-13,16H2,1-7H3/t22-,30+/m1/s1. The summed E-state index contributed by atoms with van der Waals surface area (Å²) in [5.41, 5.74) is 3.87. The van der Waals surface area contributed by atoms with Crippen molar-refractivity contribution in [3.05, 3.63) is 70.1 Å². The van der Waals surface area contributed by atoms with E-state index in [-0.39, 0.29) is 36.4 Å². The summed E-state index contributed by atoms with van der Waals surface area (Å²) in [7, 11) is 4.63. The second-order valence-corrected chi connectivity index (χ2v) is 10.6. The maximum Gasteiger partial charge on any atom is 0.336 e. The highest BCUT2D eigenvalue weighted by molar-refractivity contribution is 6.04. The van der Waals surface area contributed by atoms with Crippen LogP contribution in [0.4, 0.5) is 0 Å². The highest BCUT2D eigenvalue weighted by Gasteiger charge is 2.42. The van der Waals surface area contributed by atoms with Crippen LogP contribution < -0.4 is 24.3 Å². The lowest BCUT2D eigenvalue weighted by Gasteiger charge is -2.37. The lowest BCUT2D eigenvalue weighted by atomic mass is 9.71. The minimum absolute atomic E-state index is 0.0757. The summed E-state index contributed by atoms with van der Waals surface area (Å²) in [6.07, 6.45) is 0.809. The number of dihydropyridines is 1. The molecule has 0 bridgehead atoms. The average molecular weight is 564 g/mol. The van der Waals surface area contributed by atoms with E-state index in [1.165, 1.54) is 14.0 Å². The van der Waals surface area contributed by atoms with Crippen molar-refractivity contribution in [2.75, 3.05) is 27.9 Å². The Bertz CT molecular complexity index is 1420. The summed E-state index contributed by atoms with van der Waals surface area (Å²) in [5.74, 6) is 0.0826. The number of carbonyl (C=O) groups excluding carboxylic acids is 3. The molecular weight excluding hydrogens is 526 g/mol. The van der Waals surface area contributed by atoms with Gasteiger partial charge in [0, 0.05) is 36.2 Å². The Labute approximate surface area is 240 Å². The van der Waals surface area contributed by atoms with Gasteiger partial charge >= 0.3 is 11.9 Å². The largest absolute Gasteiger partial charge is 0.493 e. The van der Waals surface area contributed by atoms with E-state index < -0.39 is 17.9 Å². The van der Waals surface area contributed by atoms with E-state index in [9.17, 15) is 14.4 Å². The topological polar surface area (TPSA) is 109 Å². The van der Waals surface area contributed by atoms with Gasteiger partial charge < -0.3 is 29.0 Å². The van der Waals surface area contributed by atoms with Crippen LogP contribution in [0.25, 0.3) is 0 Å². The van der Waals surface area contributed by atoms with Gasteiger partial charge in [-0.15, -0.1) is 0 Å². The number of carbonyl (C=O) groups is 3. The fourth-order valence-electron chi connectivity index (χ4n) is 5.41. The molecule has 2 aromatic carbocycles. The minimum atomic E-state index is -0.690. The van der Waals surface area contributed by atoms with Gasteiger partial charge in [-0.1, -0.05) is 26.0 Å². The number of nitrogens with one attached hydrogen (secondary N) is 1. The second-order valence-electron chi connectivity index (χ2n) is 10.6. The number of esters is 2. The van der Waals surface area contributed by atoms with E-state index in [0.717, 1.165) is 11.3 Å². The summed E-state index contributed by atoms with van der Waals surface area (Å²) >= 11 is 0. The van der Waals surface area contributed by atoms with E-state index in [4.69, 9.17) is 23.7 Å². The molecule has 0 unspecified atom stereocenters. The maximum atomic E-state index is 14.0. The number of Topliss-reactive ketones (excluding diaryl/α,β-unsaturated/α-hetero) is 1. The molecule has 4 rings (SSSR count). The number of hydrogen-bond acceptors (Lipinski definition) is 9. The Morgan fingerprint density at radius 1 is 0.902 bits per heavy atom. The molecule has 2 aromatic rings. The molecule has 0 amide bonds. The SMILES string of the molecule is COc1ccc([C@H]2CC(=O)C3=C(C2)NC(C)=C(C(=O)OCC(C)C)[C@@H]3c2ccc(OC(C)=O)c(OC)c2)cc1OC.